The van der Waals surface area contributed by atoms with Gasteiger partial charge in [-0.15, -0.1) is 0 Å². The van der Waals surface area contributed by atoms with Gasteiger partial charge in [0.05, 0.1) is 6.54 Å². The van der Waals surface area contributed by atoms with Crippen LogP contribution in [0, 0.1) is 19.8 Å². The number of carbonyl (C=O) groups is 2. The molecule has 1 aliphatic carbocycles. The summed E-state index contributed by atoms with van der Waals surface area (Å²) < 4.78 is 0. The van der Waals surface area contributed by atoms with E-state index in [4.69, 9.17) is 0 Å². The number of fused-ring (bicyclic) bond motifs is 1. The number of hydrogen-bond acceptors (Lipinski definition) is 2. The second kappa shape index (κ2) is 8.50. The van der Waals surface area contributed by atoms with Crippen molar-refractivity contribution in [2.45, 2.75) is 65.5 Å². The van der Waals surface area contributed by atoms with E-state index in [0.29, 0.717) is 6.54 Å². The Hall–Kier alpha value is -2.82. The van der Waals surface area contributed by atoms with Crippen molar-refractivity contribution in [3.05, 3.63) is 58.7 Å². The first-order chi connectivity index (χ1) is 14.5. The van der Waals surface area contributed by atoms with Gasteiger partial charge in [0, 0.05) is 23.3 Å². The lowest BCUT2D eigenvalue weighted by atomic mass is 9.84. The number of urea groups is 1. The number of nitrogens with zero attached hydrogens (tertiary/aromatic N) is 1. The number of aryl methyl sites for hydroxylation is 3. The predicted molar refractivity (Wildman–Crippen MR) is 121 cm³/mol. The van der Waals surface area contributed by atoms with Gasteiger partial charge in [0.2, 0.25) is 5.91 Å². The molecule has 5 nitrogen and oxygen atoms in total. The van der Waals surface area contributed by atoms with Crippen molar-refractivity contribution in [3.63, 3.8) is 0 Å². The van der Waals surface area contributed by atoms with E-state index in [1.54, 1.807) is 0 Å². The van der Waals surface area contributed by atoms with Crippen LogP contribution in [0.15, 0.2) is 36.4 Å². The van der Waals surface area contributed by atoms with E-state index in [0.717, 1.165) is 43.5 Å². The maximum atomic E-state index is 12.8. The maximum Gasteiger partial charge on any atom is 0.322 e. The van der Waals surface area contributed by atoms with E-state index >= 15 is 0 Å². The Labute approximate surface area is 178 Å². The highest BCUT2D eigenvalue weighted by Crippen LogP contribution is 2.33. The number of carbonyl (C=O) groups excluding carboxylic acids is 2. The third-order valence-corrected chi connectivity index (χ3v) is 6.74. The molecule has 0 spiro atoms. The molecular formula is C25H31N3O2. The standard InChI is InChI=1S/C25H31N3O2/c1-4-18-8-11-20(14-17(18)3)26-24(29)19-9-12-21(13-10-19)28-15-22-16(2)6-5-7-23(22)27-25(28)30/h5-8,11,14,19,21H,4,9-10,12-13,15H2,1-3H3,(H,26,29)(H,27,30). The second-order valence-corrected chi connectivity index (χ2v) is 8.65. The highest BCUT2D eigenvalue weighted by Gasteiger charge is 2.34. The Morgan fingerprint density at radius 3 is 2.57 bits per heavy atom. The first kappa shape index (κ1) is 20.5. The van der Waals surface area contributed by atoms with Gasteiger partial charge in [-0.3, -0.25) is 4.79 Å². The Bertz CT molecular complexity index is 961. The third-order valence-electron chi connectivity index (χ3n) is 6.74. The van der Waals surface area contributed by atoms with E-state index in [-0.39, 0.29) is 23.9 Å². The summed E-state index contributed by atoms with van der Waals surface area (Å²) in [5.74, 6) is 0.107. The predicted octanol–water partition coefficient (Wildman–Crippen LogP) is 5.41. The smallest absolute Gasteiger partial charge is 0.322 e. The fourth-order valence-corrected chi connectivity index (χ4v) is 4.82. The quantitative estimate of drug-likeness (QED) is 0.714. The van der Waals surface area contributed by atoms with E-state index < -0.39 is 0 Å². The van der Waals surface area contributed by atoms with Crippen LogP contribution in [0.1, 0.15) is 54.9 Å². The van der Waals surface area contributed by atoms with Crippen LogP contribution < -0.4 is 10.6 Å². The van der Waals surface area contributed by atoms with E-state index in [1.807, 2.05) is 23.1 Å². The van der Waals surface area contributed by atoms with E-state index in [1.165, 1.54) is 22.3 Å². The van der Waals surface area contributed by atoms with Gasteiger partial charge in [0.1, 0.15) is 0 Å². The molecular weight excluding hydrogens is 374 g/mol. The summed E-state index contributed by atoms with van der Waals surface area (Å²) in [5, 5.41) is 6.13. The molecule has 30 heavy (non-hydrogen) atoms. The monoisotopic (exact) mass is 405 g/mol. The van der Waals surface area contributed by atoms with E-state index in [9.17, 15) is 9.59 Å². The molecule has 2 aromatic rings. The molecule has 0 bridgehead atoms. The molecule has 3 amide bonds. The molecule has 0 radical (unpaired) electrons. The molecule has 0 unspecified atom stereocenters. The molecule has 158 valence electrons. The summed E-state index contributed by atoms with van der Waals surface area (Å²) in [4.78, 5) is 27.4. The summed E-state index contributed by atoms with van der Waals surface area (Å²) in [7, 11) is 0. The van der Waals surface area contributed by atoms with Gasteiger partial charge >= 0.3 is 6.03 Å². The van der Waals surface area contributed by atoms with Gasteiger partial charge in [-0.05, 0) is 86.4 Å². The van der Waals surface area contributed by atoms with Crippen LogP contribution in [0.2, 0.25) is 0 Å². The van der Waals surface area contributed by atoms with Gasteiger partial charge in [0.15, 0.2) is 0 Å². The number of rotatable bonds is 4. The fraction of sp³-hybridized carbons (Fsp3) is 0.440. The summed E-state index contributed by atoms with van der Waals surface area (Å²) >= 11 is 0. The van der Waals surface area contributed by atoms with Crippen LogP contribution >= 0.6 is 0 Å². The molecule has 2 N–H and O–H groups in total. The second-order valence-electron chi connectivity index (χ2n) is 8.65. The topological polar surface area (TPSA) is 61.4 Å². The first-order valence-electron chi connectivity index (χ1n) is 11.0. The number of nitrogens with one attached hydrogen (secondary N) is 2. The zero-order valence-electron chi connectivity index (χ0n) is 18.1. The normalized spacial score (nSPS) is 21.0. The summed E-state index contributed by atoms with van der Waals surface area (Å²) in [5.41, 5.74) is 6.72. The largest absolute Gasteiger partial charge is 0.326 e. The summed E-state index contributed by atoms with van der Waals surface area (Å²) in [6.45, 7) is 6.97. The molecule has 0 atom stereocenters. The minimum absolute atomic E-state index is 0.00859. The van der Waals surface area contributed by atoms with Crippen LogP contribution in [0.4, 0.5) is 16.2 Å². The average molecular weight is 406 g/mol. The van der Waals surface area contributed by atoms with Gasteiger partial charge in [-0.25, -0.2) is 4.79 Å². The van der Waals surface area contributed by atoms with Crippen molar-refractivity contribution < 1.29 is 9.59 Å². The Morgan fingerprint density at radius 1 is 1.10 bits per heavy atom. The molecule has 0 saturated heterocycles. The zero-order chi connectivity index (χ0) is 21.3. The van der Waals surface area contributed by atoms with Crippen molar-refractivity contribution in [2.24, 2.45) is 5.92 Å². The van der Waals surface area contributed by atoms with Gasteiger partial charge in [0.25, 0.3) is 0 Å². The van der Waals surface area contributed by atoms with Gasteiger partial charge < -0.3 is 15.5 Å². The highest BCUT2D eigenvalue weighted by molar-refractivity contribution is 5.93. The van der Waals surface area contributed by atoms with Crippen LogP contribution in [0.25, 0.3) is 0 Å². The lowest BCUT2D eigenvalue weighted by Crippen LogP contribution is -2.47. The molecule has 4 rings (SSSR count). The molecule has 1 heterocycles. The molecule has 5 heteroatoms. The lowest BCUT2D eigenvalue weighted by Gasteiger charge is -2.39. The van der Waals surface area contributed by atoms with E-state index in [2.05, 4.69) is 49.6 Å². The number of benzene rings is 2. The first-order valence-corrected chi connectivity index (χ1v) is 11.0. The lowest BCUT2D eigenvalue weighted by molar-refractivity contribution is -0.121. The van der Waals surface area contributed by atoms with Crippen LogP contribution in [0.3, 0.4) is 0 Å². The molecule has 0 aromatic heterocycles. The third kappa shape index (κ3) is 4.07. The van der Waals surface area contributed by atoms with Crippen LogP contribution in [0.5, 0.6) is 0 Å². The number of amides is 3. The van der Waals surface area contributed by atoms with Crippen molar-refractivity contribution in [1.29, 1.82) is 0 Å². The molecule has 2 aliphatic rings. The molecule has 2 aromatic carbocycles. The summed E-state index contributed by atoms with van der Waals surface area (Å²) in [6, 6.07) is 12.3. The minimum atomic E-state index is -0.0208. The van der Waals surface area contributed by atoms with Crippen LogP contribution in [-0.4, -0.2) is 22.9 Å². The average Bonchev–Trinajstić information content (AvgIpc) is 2.74. The van der Waals surface area contributed by atoms with Gasteiger partial charge in [-0.2, -0.15) is 0 Å². The van der Waals surface area contributed by atoms with Crippen molar-refractivity contribution >= 4 is 23.3 Å². The zero-order valence-corrected chi connectivity index (χ0v) is 18.1. The van der Waals surface area contributed by atoms with Gasteiger partial charge in [-0.1, -0.05) is 25.1 Å². The highest BCUT2D eigenvalue weighted by atomic mass is 16.2. The SMILES string of the molecule is CCc1ccc(NC(=O)C2CCC(N3Cc4c(C)cccc4NC3=O)CC2)cc1C. The Balaban J connectivity index is 1.36. The van der Waals surface area contributed by atoms with Crippen molar-refractivity contribution in [1.82, 2.24) is 4.90 Å². The van der Waals surface area contributed by atoms with Crippen molar-refractivity contribution in [3.8, 4) is 0 Å². The summed E-state index contributed by atoms with van der Waals surface area (Å²) in [6.07, 6.45) is 4.35. The maximum absolute atomic E-state index is 12.8. The molecule has 1 fully saturated rings. The van der Waals surface area contributed by atoms with Crippen LogP contribution in [-0.2, 0) is 17.8 Å². The fourth-order valence-electron chi connectivity index (χ4n) is 4.82. The Morgan fingerprint density at radius 2 is 1.87 bits per heavy atom. The molecule has 1 saturated carbocycles. The van der Waals surface area contributed by atoms with Crippen molar-refractivity contribution in [2.75, 3.05) is 10.6 Å². The Kier molecular flexibility index (Phi) is 5.80. The number of anilines is 2. The molecule has 1 aliphatic heterocycles. The minimum Gasteiger partial charge on any atom is -0.326 e. The number of hydrogen-bond donors (Lipinski definition) is 2.